The summed E-state index contributed by atoms with van der Waals surface area (Å²) in [5.74, 6) is -0.955. The van der Waals surface area contributed by atoms with Gasteiger partial charge in [0, 0.05) is 11.0 Å². The Morgan fingerprint density at radius 1 is 1.29 bits per heavy atom. The van der Waals surface area contributed by atoms with E-state index in [-0.39, 0.29) is 12.1 Å². The van der Waals surface area contributed by atoms with Crippen molar-refractivity contribution in [1.82, 2.24) is 5.32 Å². The first-order valence-electron chi connectivity index (χ1n) is 10.7. The van der Waals surface area contributed by atoms with Gasteiger partial charge < -0.3 is 35.2 Å². The molecule has 0 saturated heterocycles. The maximum atomic E-state index is 12.6. The molecule has 1 aromatic carbocycles. The van der Waals surface area contributed by atoms with E-state index in [4.69, 9.17) is 24.8 Å². The minimum Gasteiger partial charge on any atom is -0.495 e. The molecule has 4 N–H and O–H groups in total. The lowest BCUT2D eigenvalue weighted by atomic mass is 10.0. The molecule has 3 rings (SSSR count). The van der Waals surface area contributed by atoms with Crippen LogP contribution >= 0.6 is 63.7 Å². The molecule has 0 saturated carbocycles. The molecular weight excluding hydrogens is 722 g/mol. The molecule has 1 spiro atoms. The number of oxime groups is 1. The summed E-state index contributed by atoms with van der Waals surface area (Å²) in [5.41, 5.74) is 6.57. The summed E-state index contributed by atoms with van der Waals surface area (Å²) in [6, 6.07) is 4.03. The van der Waals surface area contributed by atoms with Crippen LogP contribution in [0.15, 0.2) is 47.2 Å². The van der Waals surface area contributed by atoms with Crippen molar-refractivity contribution in [2.45, 2.75) is 37.6 Å². The molecule has 2 aliphatic heterocycles. The van der Waals surface area contributed by atoms with Crippen LogP contribution in [0.5, 0.6) is 5.75 Å². The van der Waals surface area contributed by atoms with Crippen molar-refractivity contribution in [3.8, 4) is 5.75 Å². The minimum atomic E-state index is -1.58. The number of aliphatic hydroxyl groups is 1. The summed E-state index contributed by atoms with van der Waals surface area (Å²) in [4.78, 5) is 18.0. The van der Waals surface area contributed by atoms with E-state index < -0.39 is 17.8 Å². The van der Waals surface area contributed by atoms with Gasteiger partial charge in [-0.2, -0.15) is 0 Å². The Morgan fingerprint density at radius 3 is 2.66 bits per heavy atom. The zero-order chi connectivity index (χ0) is 25.6. The summed E-state index contributed by atoms with van der Waals surface area (Å²) in [6.45, 7) is 1.32. The Balaban J connectivity index is 1.49. The summed E-state index contributed by atoms with van der Waals surface area (Å²) in [7, 11) is 1.50. The molecular formula is C22H25Br4N3O6. The molecule has 192 valence electrons. The largest absolute Gasteiger partial charge is 0.495 e. The first-order chi connectivity index (χ1) is 16.7. The number of nitrogens with zero attached hydrogens (tertiary/aromatic N) is 1. The van der Waals surface area contributed by atoms with E-state index in [2.05, 4.69) is 74.2 Å². The summed E-state index contributed by atoms with van der Waals surface area (Å²) < 4.78 is 19.6. The number of amides is 1. The van der Waals surface area contributed by atoms with E-state index in [9.17, 15) is 9.90 Å². The molecule has 1 aromatic rings. The predicted molar refractivity (Wildman–Crippen MR) is 145 cm³/mol. The highest BCUT2D eigenvalue weighted by Crippen LogP contribution is 2.41. The van der Waals surface area contributed by atoms with Crippen LogP contribution in [-0.2, 0) is 25.5 Å². The van der Waals surface area contributed by atoms with Gasteiger partial charge in [0.25, 0.3) is 5.91 Å². The number of nitrogens with two attached hydrogens (primary N) is 1. The summed E-state index contributed by atoms with van der Waals surface area (Å²) >= 11 is 13.8. The fraction of sp³-hybridized carbons (Fsp3) is 0.455. The number of aliphatic hydroxyl groups excluding tert-OH is 1. The molecule has 2 heterocycles. The number of aryl methyl sites for hydroxylation is 1. The third-order valence-corrected chi connectivity index (χ3v) is 7.58. The lowest BCUT2D eigenvalue weighted by Gasteiger charge is -2.27. The van der Waals surface area contributed by atoms with Crippen molar-refractivity contribution in [2.75, 3.05) is 26.8 Å². The van der Waals surface area contributed by atoms with Gasteiger partial charge in [-0.25, -0.2) is 0 Å². The number of carbonyl (C=O) groups excluding carboxylic acids is 1. The molecule has 2 atom stereocenters. The number of halogens is 4. The topological polar surface area (TPSA) is 125 Å². The van der Waals surface area contributed by atoms with Crippen LogP contribution in [-0.4, -0.2) is 55.4 Å². The third-order valence-electron chi connectivity index (χ3n) is 5.22. The van der Waals surface area contributed by atoms with Gasteiger partial charge in [-0.15, -0.1) is 0 Å². The lowest BCUT2D eigenvalue weighted by Crippen LogP contribution is -2.49. The number of nitrogens with one attached hydrogen (secondary N) is 1. The number of ether oxygens (including phenoxy) is 3. The number of rotatable bonds is 10. The first kappa shape index (κ1) is 28.5. The van der Waals surface area contributed by atoms with E-state index >= 15 is 0 Å². The molecule has 9 nitrogen and oxygen atoms in total. The standard InChI is InChI=1S/C22H25Br4N3O6/c1-32-18-15(25)10-22(34-11-16(18)26)20(30)17(29-35-22)21(31)28-6-3-7-33-19-13(23)8-12(4-2-5-27)9-14(19)24/h8-9,11,20,30H,2-7,10,27H2,1H3,(H,28,31). The molecule has 0 radical (unpaired) electrons. The summed E-state index contributed by atoms with van der Waals surface area (Å²) in [6.07, 6.45) is 2.33. The number of carbonyl (C=O) groups is 1. The van der Waals surface area contributed by atoms with Crippen LogP contribution in [0.2, 0.25) is 0 Å². The molecule has 2 aliphatic rings. The SMILES string of the molecule is COC1=C(Br)CC2(OC=C1Br)ON=C(C(=O)NCCCOc1c(Br)cc(CCCN)cc1Br)C2O. The summed E-state index contributed by atoms with van der Waals surface area (Å²) in [5, 5.41) is 17.3. The maximum absolute atomic E-state index is 12.6. The highest BCUT2D eigenvalue weighted by Gasteiger charge is 2.54. The van der Waals surface area contributed by atoms with Gasteiger partial charge in [-0.05, 0) is 91.3 Å². The van der Waals surface area contributed by atoms with Crippen molar-refractivity contribution < 1.29 is 28.9 Å². The molecule has 0 bridgehead atoms. The molecule has 2 unspecified atom stereocenters. The molecule has 0 aromatic heterocycles. The van der Waals surface area contributed by atoms with Crippen molar-refractivity contribution in [1.29, 1.82) is 0 Å². The Kier molecular flexibility index (Phi) is 10.5. The van der Waals surface area contributed by atoms with Gasteiger partial charge in [-0.3, -0.25) is 4.79 Å². The van der Waals surface area contributed by atoms with E-state index in [1.807, 2.05) is 12.1 Å². The van der Waals surface area contributed by atoms with Crippen LogP contribution in [0, 0.1) is 0 Å². The Morgan fingerprint density at radius 2 is 2.00 bits per heavy atom. The molecule has 13 heteroatoms. The predicted octanol–water partition coefficient (Wildman–Crippen LogP) is 4.34. The second-order valence-electron chi connectivity index (χ2n) is 7.72. The lowest BCUT2D eigenvalue weighted by molar-refractivity contribution is -0.225. The van der Waals surface area contributed by atoms with E-state index in [0.717, 1.165) is 27.4 Å². The van der Waals surface area contributed by atoms with E-state index in [1.54, 1.807) is 0 Å². The second kappa shape index (κ2) is 12.9. The van der Waals surface area contributed by atoms with Crippen molar-refractivity contribution in [3.05, 3.63) is 47.6 Å². The highest BCUT2D eigenvalue weighted by molar-refractivity contribution is 9.12. The Bertz CT molecular complexity index is 1030. The van der Waals surface area contributed by atoms with Crippen molar-refractivity contribution in [3.63, 3.8) is 0 Å². The zero-order valence-corrected chi connectivity index (χ0v) is 25.1. The van der Waals surface area contributed by atoms with Crippen molar-refractivity contribution in [2.24, 2.45) is 10.9 Å². The van der Waals surface area contributed by atoms with E-state index in [1.165, 1.54) is 13.4 Å². The maximum Gasteiger partial charge on any atom is 0.311 e. The minimum absolute atomic E-state index is 0.0752. The number of methoxy groups -OCH3 is 1. The van der Waals surface area contributed by atoms with Gasteiger partial charge in [0.05, 0.1) is 33.6 Å². The average molecular weight is 747 g/mol. The van der Waals surface area contributed by atoms with Crippen molar-refractivity contribution >= 4 is 75.3 Å². The normalized spacial score (nSPS) is 21.6. The third kappa shape index (κ3) is 6.80. The fourth-order valence-electron chi connectivity index (χ4n) is 3.44. The molecule has 35 heavy (non-hydrogen) atoms. The van der Waals surface area contributed by atoms with Gasteiger partial charge in [0.15, 0.2) is 11.8 Å². The number of hydrogen-bond donors (Lipinski definition) is 3. The second-order valence-corrected chi connectivity index (χ2v) is 11.2. The monoisotopic (exact) mass is 743 g/mol. The number of benzene rings is 1. The zero-order valence-electron chi connectivity index (χ0n) is 18.8. The Labute approximate surface area is 236 Å². The van der Waals surface area contributed by atoms with Crippen LogP contribution in [0.4, 0.5) is 0 Å². The van der Waals surface area contributed by atoms with Crippen LogP contribution < -0.4 is 15.8 Å². The smallest absolute Gasteiger partial charge is 0.311 e. The van der Waals surface area contributed by atoms with Gasteiger partial charge >= 0.3 is 5.79 Å². The Hall–Kier alpha value is -1.12. The number of hydrogen-bond acceptors (Lipinski definition) is 8. The highest BCUT2D eigenvalue weighted by atomic mass is 79.9. The molecule has 0 aliphatic carbocycles. The van der Waals surface area contributed by atoms with Gasteiger partial charge in [0.1, 0.15) is 17.8 Å². The average Bonchev–Trinajstić information content (AvgIpc) is 3.06. The van der Waals surface area contributed by atoms with Crippen LogP contribution in [0.3, 0.4) is 0 Å². The van der Waals surface area contributed by atoms with Crippen LogP contribution in [0.25, 0.3) is 0 Å². The number of allylic oxidation sites excluding steroid dienone is 1. The quantitative estimate of drug-likeness (QED) is 0.305. The van der Waals surface area contributed by atoms with Gasteiger partial charge in [0.2, 0.25) is 0 Å². The van der Waals surface area contributed by atoms with E-state index in [0.29, 0.717) is 46.6 Å². The van der Waals surface area contributed by atoms with Crippen LogP contribution in [0.1, 0.15) is 24.8 Å². The molecule has 1 amide bonds. The molecule has 0 fully saturated rings. The van der Waals surface area contributed by atoms with Gasteiger partial charge in [-0.1, -0.05) is 21.1 Å². The fourth-order valence-corrected chi connectivity index (χ4v) is 6.47. The first-order valence-corrected chi connectivity index (χ1v) is 13.9.